The standard InChI is InChI=1S/C34H21ClN2/c35-23-19-20-27-25-12-3-5-15-30(25)36(33(27)21-23)32-18-8-14-28-26-13-4-6-16-31(26)37(34(28)32)29-17-7-10-22-9-1-2-11-24(22)29/h1-21H. The molecule has 0 radical (unpaired) electrons. The van der Waals surface area contributed by atoms with Gasteiger partial charge in [0.15, 0.2) is 0 Å². The highest BCUT2D eigenvalue weighted by molar-refractivity contribution is 6.31. The fourth-order valence-corrected chi connectivity index (χ4v) is 6.20. The number of hydrogen-bond donors (Lipinski definition) is 0. The number of aromatic nitrogens is 2. The predicted octanol–water partition coefficient (Wildman–Crippen LogP) is 9.69. The van der Waals surface area contributed by atoms with Gasteiger partial charge in [-0.25, -0.2) is 0 Å². The zero-order valence-electron chi connectivity index (χ0n) is 19.9. The Morgan fingerprint density at radius 1 is 0.405 bits per heavy atom. The number of nitrogens with zero attached hydrogens (tertiary/aromatic N) is 2. The second-order valence-electron chi connectivity index (χ2n) is 9.54. The van der Waals surface area contributed by atoms with Crippen molar-refractivity contribution in [1.82, 2.24) is 9.13 Å². The van der Waals surface area contributed by atoms with Crippen LogP contribution in [0.5, 0.6) is 0 Å². The minimum atomic E-state index is 0.735. The molecule has 0 aliphatic rings. The average molecular weight is 493 g/mol. The third kappa shape index (κ3) is 2.88. The first kappa shape index (κ1) is 20.6. The van der Waals surface area contributed by atoms with Gasteiger partial charge in [-0.1, -0.05) is 103 Å². The smallest absolute Gasteiger partial charge is 0.0782 e. The van der Waals surface area contributed by atoms with E-state index >= 15 is 0 Å². The largest absolute Gasteiger partial charge is 0.307 e. The molecule has 0 saturated carbocycles. The summed E-state index contributed by atoms with van der Waals surface area (Å²) in [5.74, 6) is 0. The highest BCUT2D eigenvalue weighted by Crippen LogP contribution is 2.40. The van der Waals surface area contributed by atoms with E-state index < -0.39 is 0 Å². The summed E-state index contributed by atoms with van der Waals surface area (Å²) >= 11 is 6.56. The SMILES string of the molecule is Clc1ccc2c3ccccc3n(-c3cccc4c5ccccc5n(-c5cccc6ccccc56)c34)c2c1. The first-order valence-electron chi connectivity index (χ1n) is 12.5. The molecule has 0 N–H and O–H groups in total. The second kappa shape index (κ2) is 7.73. The molecule has 0 fully saturated rings. The lowest BCUT2D eigenvalue weighted by Crippen LogP contribution is -2.01. The van der Waals surface area contributed by atoms with Crippen LogP contribution in [-0.2, 0) is 0 Å². The van der Waals surface area contributed by atoms with Crippen molar-refractivity contribution in [3.8, 4) is 11.4 Å². The molecular weight excluding hydrogens is 472 g/mol. The van der Waals surface area contributed by atoms with Crippen LogP contribution >= 0.6 is 11.6 Å². The number of hydrogen-bond acceptors (Lipinski definition) is 0. The number of halogens is 1. The molecule has 37 heavy (non-hydrogen) atoms. The number of benzene rings is 6. The maximum Gasteiger partial charge on any atom is 0.0782 e. The normalized spacial score (nSPS) is 11.9. The van der Waals surface area contributed by atoms with Crippen LogP contribution in [0.1, 0.15) is 0 Å². The Morgan fingerprint density at radius 3 is 1.81 bits per heavy atom. The van der Waals surface area contributed by atoms with Crippen molar-refractivity contribution in [1.29, 1.82) is 0 Å². The fourth-order valence-electron chi connectivity index (χ4n) is 6.04. The molecule has 0 aliphatic heterocycles. The van der Waals surface area contributed by atoms with E-state index in [9.17, 15) is 0 Å². The van der Waals surface area contributed by atoms with E-state index in [0.717, 1.165) is 16.2 Å². The summed E-state index contributed by atoms with van der Waals surface area (Å²) in [6.45, 7) is 0. The van der Waals surface area contributed by atoms with Gasteiger partial charge in [-0.3, -0.25) is 0 Å². The van der Waals surface area contributed by atoms with Gasteiger partial charge in [0, 0.05) is 32.0 Å². The zero-order valence-corrected chi connectivity index (χ0v) is 20.7. The van der Waals surface area contributed by atoms with Crippen molar-refractivity contribution in [2.24, 2.45) is 0 Å². The molecule has 0 atom stereocenters. The van der Waals surface area contributed by atoms with E-state index in [1.807, 2.05) is 6.07 Å². The topological polar surface area (TPSA) is 9.86 Å². The second-order valence-corrected chi connectivity index (χ2v) is 9.97. The molecule has 2 aromatic heterocycles. The molecule has 0 unspecified atom stereocenters. The molecule has 0 spiro atoms. The summed E-state index contributed by atoms with van der Waals surface area (Å²) in [6, 6.07) is 45.4. The molecule has 3 heteroatoms. The Labute approximate surface area is 218 Å². The van der Waals surface area contributed by atoms with Gasteiger partial charge in [-0.05, 0) is 41.8 Å². The monoisotopic (exact) mass is 492 g/mol. The van der Waals surface area contributed by atoms with E-state index in [2.05, 4.69) is 130 Å². The van der Waals surface area contributed by atoms with Crippen LogP contribution in [0.25, 0.3) is 65.8 Å². The summed E-state index contributed by atoms with van der Waals surface area (Å²) in [5, 5.41) is 8.09. The number of fused-ring (bicyclic) bond motifs is 7. The summed E-state index contributed by atoms with van der Waals surface area (Å²) in [6.07, 6.45) is 0. The highest BCUT2D eigenvalue weighted by atomic mass is 35.5. The number of para-hydroxylation sites is 3. The van der Waals surface area contributed by atoms with E-state index in [4.69, 9.17) is 11.6 Å². The summed E-state index contributed by atoms with van der Waals surface area (Å²) in [5.41, 5.74) is 6.96. The van der Waals surface area contributed by atoms with E-state index in [1.165, 1.54) is 54.6 Å². The van der Waals surface area contributed by atoms with Crippen LogP contribution in [0, 0.1) is 0 Å². The Balaban J connectivity index is 1.62. The Hall–Kier alpha value is -4.53. The van der Waals surface area contributed by atoms with E-state index in [1.54, 1.807) is 0 Å². The first-order valence-corrected chi connectivity index (χ1v) is 12.9. The molecule has 2 nitrogen and oxygen atoms in total. The van der Waals surface area contributed by atoms with Crippen LogP contribution in [0.4, 0.5) is 0 Å². The molecule has 0 amide bonds. The van der Waals surface area contributed by atoms with Gasteiger partial charge < -0.3 is 9.13 Å². The van der Waals surface area contributed by atoms with Gasteiger partial charge in [0.1, 0.15) is 0 Å². The number of rotatable bonds is 2. The lowest BCUT2D eigenvalue weighted by molar-refractivity contribution is 1.14. The Morgan fingerprint density at radius 2 is 0.973 bits per heavy atom. The maximum atomic E-state index is 6.56. The van der Waals surface area contributed by atoms with Gasteiger partial charge >= 0.3 is 0 Å². The van der Waals surface area contributed by atoms with Gasteiger partial charge in [-0.2, -0.15) is 0 Å². The predicted molar refractivity (Wildman–Crippen MR) is 158 cm³/mol. The van der Waals surface area contributed by atoms with Crippen molar-refractivity contribution >= 4 is 66.0 Å². The van der Waals surface area contributed by atoms with Crippen molar-refractivity contribution in [2.75, 3.05) is 0 Å². The quantitative estimate of drug-likeness (QED) is 0.227. The third-order valence-corrected chi connectivity index (χ3v) is 7.79. The van der Waals surface area contributed by atoms with Crippen molar-refractivity contribution < 1.29 is 0 Å². The molecule has 0 aliphatic carbocycles. The summed E-state index contributed by atoms with van der Waals surface area (Å²) in [4.78, 5) is 0. The van der Waals surface area contributed by atoms with Gasteiger partial charge in [-0.15, -0.1) is 0 Å². The molecule has 2 heterocycles. The lowest BCUT2D eigenvalue weighted by atomic mass is 10.1. The minimum absolute atomic E-state index is 0.735. The Bertz CT molecular complexity index is 2160. The van der Waals surface area contributed by atoms with Gasteiger partial charge in [0.25, 0.3) is 0 Å². The van der Waals surface area contributed by atoms with Crippen molar-refractivity contribution in [2.45, 2.75) is 0 Å². The lowest BCUT2D eigenvalue weighted by Gasteiger charge is -2.16. The fraction of sp³-hybridized carbons (Fsp3) is 0. The molecule has 6 aromatic carbocycles. The van der Waals surface area contributed by atoms with E-state index in [0.29, 0.717) is 0 Å². The Kier molecular flexibility index (Phi) is 4.31. The summed E-state index contributed by atoms with van der Waals surface area (Å²) in [7, 11) is 0. The average Bonchev–Trinajstić information content (AvgIpc) is 3.45. The van der Waals surface area contributed by atoms with Crippen molar-refractivity contribution in [3.05, 3.63) is 132 Å². The van der Waals surface area contributed by atoms with Crippen LogP contribution in [0.3, 0.4) is 0 Å². The molecular formula is C34H21ClN2. The molecule has 174 valence electrons. The van der Waals surface area contributed by atoms with Crippen molar-refractivity contribution in [3.63, 3.8) is 0 Å². The molecule has 0 saturated heterocycles. The van der Waals surface area contributed by atoms with E-state index in [-0.39, 0.29) is 0 Å². The molecule has 8 rings (SSSR count). The van der Waals surface area contributed by atoms with Gasteiger partial charge in [0.2, 0.25) is 0 Å². The molecule has 8 aromatic rings. The van der Waals surface area contributed by atoms with Crippen LogP contribution in [0.2, 0.25) is 5.02 Å². The van der Waals surface area contributed by atoms with Crippen LogP contribution in [0.15, 0.2) is 127 Å². The van der Waals surface area contributed by atoms with Crippen LogP contribution in [-0.4, -0.2) is 9.13 Å². The minimum Gasteiger partial charge on any atom is -0.307 e. The first-order chi connectivity index (χ1) is 18.3. The highest BCUT2D eigenvalue weighted by Gasteiger charge is 2.20. The zero-order chi connectivity index (χ0) is 24.5. The maximum absolute atomic E-state index is 6.56. The molecule has 0 bridgehead atoms. The summed E-state index contributed by atoms with van der Waals surface area (Å²) < 4.78 is 4.81. The third-order valence-electron chi connectivity index (χ3n) is 7.56. The van der Waals surface area contributed by atoms with Gasteiger partial charge in [0.05, 0.1) is 33.4 Å². The van der Waals surface area contributed by atoms with Crippen LogP contribution < -0.4 is 0 Å².